The first-order valence-corrected chi connectivity index (χ1v) is 34.9. The van der Waals surface area contributed by atoms with Gasteiger partial charge in [-0.05, 0) is 118 Å². The third-order valence-electron chi connectivity index (χ3n) is 14.2. The minimum absolute atomic E-state index is 0. The monoisotopic (exact) mass is 1440 g/mol. The van der Waals surface area contributed by atoms with Crippen molar-refractivity contribution < 1.29 is 101 Å². The standard InChI is InChI=1S/C19H22FN5O4S.C17H19FN5O4.C14H14O2P2S4.Ac/c1-11(30)21-9-13-10-25(18(28)29-13)12-2-3-15(14(20)8-12)24-6-4-19(5-7-24)16(26)22-17(27)23-19;18-12-7-10(23-9-11(8-19)27-16(23)26)1-2-13(12)22-5-3-17(4-6-22)14(24)20-15(25)21-17;1-15-11-3-7-13(8-4-11)17(19)21-18(20,22-17)14-9-5-12(16-2)6-10-14;/h2-3,8,13H,4-7,9-10H2,1H3,(H,21,30)(H2,22,23,26,27);1-2,7,11,19H,3-6,8-9H2,(H2,20,21,24,25);3-10H,1-2H3;/q;-1;;/t13-;11-;;/m00../s1. The summed E-state index contributed by atoms with van der Waals surface area (Å²) >= 11 is 20.5. The van der Waals surface area contributed by atoms with Gasteiger partial charge in [-0.3, -0.25) is 30.0 Å². The molecule has 0 bridgehead atoms. The number of cyclic esters (lactones) is 2. The van der Waals surface area contributed by atoms with Crippen LogP contribution >= 0.6 is 43.1 Å². The van der Waals surface area contributed by atoms with Crippen LogP contribution < -0.4 is 66.3 Å². The van der Waals surface area contributed by atoms with Crippen molar-refractivity contribution in [3.8, 4) is 11.5 Å². The summed E-state index contributed by atoms with van der Waals surface area (Å²) in [6.45, 7) is 4.29. The molecule has 7 aliphatic heterocycles. The molecule has 6 N–H and O–H groups in total. The van der Waals surface area contributed by atoms with Crippen molar-refractivity contribution in [2.45, 2.75) is 55.9 Å². The fraction of sp³-hybridized carbons (Fsp3) is 0.380. The summed E-state index contributed by atoms with van der Waals surface area (Å²) in [4.78, 5) is 77.9. The van der Waals surface area contributed by atoms with Crippen LogP contribution in [0.1, 0.15) is 32.6 Å². The van der Waals surface area contributed by atoms with Gasteiger partial charge in [0.05, 0.1) is 70.5 Å². The van der Waals surface area contributed by atoms with Crippen LogP contribution in [0, 0.1) is 55.7 Å². The molecule has 7 saturated heterocycles. The van der Waals surface area contributed by atoms with E-state index >= 15 is 0 Å². The van der Waals surface area contributed by atoms with Gasteiger partial charge < -0.3 is 50.4 Å². The normalized spacial score (nSPS) is 24.1. The molecule has 7 aliphatic rings. The Labute approximate surface area is 519 Å². The van der Waals surface area contributed by atoms with E-state index in [1.54, 1.807) is 45.4 Å². The third kappa shape index (κ3) is 13.3. The maximum atomic E-state index is 14.9. The second-order valence-electron chi connectivity index (χ2n) is 19.2. The van der Waals surface area contributed by atoms with E-state index in [0.717, 1.165) is 11.5 Å². The van der Waals surface area contributed by atoms with Gasteiger partial charge in [-0.25, -0.2) is 28.0 Å². The fourth-order valence-corrected chi connectivity index (χ4v) is 52.2. The van der Waals surface area contributed by atoms with E-state index in [0.29, 0.717) is 92.7 Å². The largest absolute Gasteiger partial charge is 0.674 e. The molecule has 4 aromatic carbocycles. The summed E-state index contributed by atoms with van der Waals surface area (Å²) in [5.74, 6) is 0.103. The number of thiocarbonyl (C=S) groups is 1. The fourth-order valence-electron chi connectivity index (χ4n) is 9.80. The summed E-state index contributed by atoms with van der Waals surface area (Å²) < 4.78 is 47.0. The van der Waals surface area contributed by atoms with Crippen molar-refractivity contribution >= 4 is 141 Å². The molecule has 8 amide bonds. The third-order valence-corrected chi connectivity index (χ3v) is 45.6. The quantitative estimate of drug-likeness (QED) is 0.0559. The first kappa shape index (κ1) is 61.7. The number of anilines is 4. The van der Waals surface area contributed by atoms with Gasteiger partial charge in [0.25, 0.3) is 11.8 Å². The number of methoxy groups -OCH3 is 2. The number of hydrogen-bond donors (Lipinski definition) is 5. The maximum absolute atomic E-state index is 14.9. The summed E-state index contributed by atoms with van der Waals surface area (Å²) in [5, 5.41) is 15.3. The van der Waals surface area contributed by atoms with E-state index in [9.17, 15) is 37.5 Å². The number of halogens is 2. The number of piperidine rings is 2. The Hall–Kier alpha value is -4.35. The van der Waals surface area contributed by atoms with Crippen molar-refractivity contribution in [2.75, 3.05) is 86.2 Å². The summed E-state index contributed by atoms with van der Waals surface area (Å²) in [7, 11) is 3.34. The number of rotatable bonds is 11. The predicted molar refractivity (Wildman–Crippen MR) is 314 cm³/mol. The zero-order valence-electron chi connectivity index (χ0n) is 43.4. The van der Waals surface area contributed by atoms with Crippen LogP contribution in [0.5, 0.6) is 11.5 Å². The Morgan fingerprint density at radius 2 is 1.06 bits per heavy atom. The van der Waals surface area contributed by atoms with Gasteiger partial charge in [0.1, 0.15) is 46.4 Å². The smallest absolute Gasteiger partial charge is 0.414 e. The second-order valence-corrected chi connectivity index (χ2v) is 41.1. The van der Waals surface area contributed by atoms with E-state index < -0.39 is 61.9 Å². The molecule has 0 aromatic heterocycles. The number of hydrogen-bond acceptors (Lipinski definition) is 17. The second kappa shape index (κ2) is 25.6. The number of carbonyl (C=O) groups is 6. The maximum Gasteiger partial charge on any atom is 0.414 e. The van der Waals surface area contributed by atoms with E-state index in [1.807, 2.05) is 56.1 Å². The van der Waals surface area contributed by atoms with Crippen LogP contribution in [0.25, 0.3) is 5.73 Å². The number of amides is 8. The van der Waals surface area contributed by atoms with E-state index in [2.05, 4.69) is 50.8 Å². The van der Waals surface area contributed by atoms with Gasteiger partial charge in [-0.2, -0.15) is 0 Å². The molecular weight excluding hydrogens is 1390 g/mol. The molecule has 30 heteroatoms. The van der Waals surface area contributed by atoms with E-state index in [-0.39, 0.29) is 75.1 Å². The van der Waals surface area contributed by atoms with Gasteiger partial charge in [0, 0.05) is 80.9 Å². The Balaban J connectivity index is 0.000000159. The molecule has 0 saturated carbocycles. The van der Waals surface area contributed by atoms with Crippen LogP contribution in [-0.2, 0) is 42.7 Å². The molecule has 7 fully saturated rings. The topological polar surface area (TPSA) is 236 Å². The van der Waals surface area contributed by atoms with Gasteiger partial charge in [0.2, 0.25) is 0 Å². The van der Waals surface area contributed by atoms with E-state index in [1.165, 1.54) is 32.5 Å². The van der Waals surface area contributed by atoms with Gasteiger partial charge in [0.15, 0.2) is 0 Å². The number of nitrogens with zero attached hydrogens (tertiary/aromatic N) is 4. The first-order chi connectivity index (χ1) is 37.7. The van der Waals surface area contributed by atoms with Crippen molar-refractivity contribution in [3.05, 3.63) is 102 Å². The molecule has 2 spiro atoms. The molecule has 0 unspecified atom stereocenters. The van der Waals surface area contributed by atoms with Crippen LogP contribution in [0.4, 0.5) is 50.7 Å². The number of urea groups is 2. The Bertz CT molecular complexity index is 3100. The average Bonchev–Trinajstić information content (AvgIpc) is 4.28. The summed E-state index contributed by atoms with van der Waals surface area (Å²) in [5.41, 5.74) is 7.06. The zero-order valence-corrected chi connectivity index (χ0v) is 54.0. The van der Waals surface area contributed by atoms with Crippen molar-refractivity contribution in [3.63, 3.8) is 0 Å². The van der Waals surface area contributed by atoms with Crippen molar-refractivity contribution in [1.29, 1.82) is 0 Å². The number of ether oxygens (including phenoxy) is 4. The zero-order chi connectivity index (χ0) is 56.4. The number of imide groups is 2. The Kier molecular flexibility index (Phi) is 19.8. The minimum Gasteiger partial charge on any atom is -0.674 e. The van der Waals surface area contributed by atoms with Crippen molar-refractivity contribution in [1.82, 2.24) is 26.6 Å². The molecule has 2 atom stereocenters. The van der Waals surface area contributed by atoms with Gasteiger partial charge in [-0.1, -0.05) is 57.8 Å². The summed E-state index contributed by atoms with van der Waals surface area (Å²) in [6.07, 6.45) is -0.446. The molecule has 423 valence electrons. The Morgan fingerprint density at radius 1 is 0.675 bits per heavy atom. The van der Waals surface area contributed by atoms with E-state index in [4.69, 9.17) is 60.5 Å². The molecule has 11 rings (SSSR count). The number of carbonyl (C=O) groups excluding carboxylic acids is 6. The SMILES string of the molecule is CC(=S)NC[C@H]1CN(c2ccc(N3CCC4(CC3)NC(=O)NC4=O)c(F)c2)C(=O)O1.COc1ccc(P2(=S)SP(=S)(c3ccc(OC)cc3)S2)cc1.[Ac].[NH-]C[C@H]1CN(c2ccc(N3CCC4(CC3)NC(=O)NC4=O)c(F)c2)C(=O)O1. The molecular formula is C50H55AcF2N10O10P2S5-. The van der Waals surface area contributed by atoms with Gasteiger partial charge in [-0.15, -0.1) is 6.54 Å². The molecule has 0 aliphatic carbocycles. The van der Waals surface area contributed by atoms with Crippen LogP contribution in [-0.4, -0.2) is 131 Å². The minimum atomic E-state index is -1.66. The number of nitrogens with one attached hydrogen (secondary N) is 6. The Morgan fingerprint density at radius 3 is 1.39 bits per heavy atom. The molecule has 4 aromatic rings. The van der Waals surface area contributed by atoms with Gasteiger partial charge >= 0.3 is 24.2 Å². The molecule has 80 heavy (non-hydrogen) atoms. The first-order valence-electron chi connectivity index (χ1n) is 24.8. The molecule has 1 radical (unpaired) electrons. The molecule has 20 nitrogen and oxygen atoms in total. The predicted octanol–water partition coefficient (Wildman–Crippen LogP) is 7.40. The van der Waals surface area contributed by atoms with Crippen LogP contribution in [0.2, 0.25) is 0 Å². The van der Waals surface area contributed by atoms with Crippen LogP contribution in [0.15, 0.2) is 84.9 Å². The average molecular weight is 1440 g/mol. The number of benzene rings is 4. The van der Waals surface area contributed by atoms with Crippen molar-refractivity contribution in [2.24, 2.45) is 0 Å². The molecule has 7 heterocycles. The van der Waals surface area contributed by atoms with Crippen LogP contribution in [0.3, 0.4) is 0 Å². The summed E-state index contributed by atoms with van der Waals surface area (Å²) in [6, 6.07) is 24.3.